The van der Waals surface area contributed by atoms with Crippen molar-refractivity contribution in [1.29, 1.82) is 5.26 Å². The van der Waals surface area contributed by atoms with Gasteiger partial charge in [0, 0.05) is 6.42 Å². The van der Waals surface area contributed by atoms with E-state index in [0.717, 1.165) is 13.0 Å². The van der Waals surface area contributed by atoms with E-state index < -0.39 is 0 Å². The zero-order valence-electron chi connectivity index (χ0n) is 7.07. The number of nitrogens with zero attached hydrogens (tertiary/aromatic N) is 1. The molecule has 0 atom stereocenters. The third kappa shape index (κ3) is 4.34. The van der Waals surface area contributed by atoms with Gasteiger partial charge >= 0.3 is 0 Å². The molecule has 0 saturated heterocycles. The highest BCUT2D eigenvalue weighted by molar-refractivity contribution is 4.78. The average Bonchev–Trinajstić information content (AvgIpc) is 1.84. The van der Waals surface area contributed by atoms with Gasteiger partial charge in [-0.25, -0.2) is 0 Å². The summed E-state index contributed by atoms with van der Waals surface area (Å²) < 4.78 is 0. The van der Waals surface area contributed by atoms with Gasteiger partial charge in [0.15, 0.2) is 0 Å². The number of nitrogens with one attached hydrogen (secondary N) is 1. The quantitative estimate of drug-likeness (QED) is 0.643. The van der Waals surface area contributed by atoms with Crippen LogP contribution in [0.25, 0.3) is 0 Å². The maximum atomic E-state index is 8.33. The molecule has 0 heterocycles. The first-order valence-corrected chi connectivity index (χ1v) is 3.64. The molecule has 0 unspecified atom stereocenters. The van der Waals surface area contributed by atoms with Gasteiger partial charge in [0.25, 0.3) is 0 Å². The summed E-state index contributed by atoms with van der Waals surface area (Å²) in [5.41, 5.74) is 0.268. The molecule has 2 heteroatoms. The van der Waals surface area contributed by atoms with Gasteiger partial charge < -0.3 is 5.32 Å². The van der Waals surface area contributed by atoms with Crippen LogP contribution in [0.5, 0.6) is 0 Å². The van der Waals surface area contributed by atoms with Crippen molar-refractivity contribution >= 4 is 0 Å². The first-order chi connectivity index (χ1) is 4.62. The van der Waals surface area contributed by atoms with Crippen molar-refractivity contribution in [3.05, 3.63) is 0 Å². The summed E-state index contributed by atoms with van der Waals surface area (Å²) in [4.78, 5) is 0. The molecule has 10 heavy (non-hydrogen) atoms. The fourth-order valence-electron chi connectivity index (χ4n) is 0.961. The van der Waals surface area contributed by atoms with Gasteiger partial charge in [0.2, 0.25) is 0 Å². The summed E-state index contributed by atoms with van der Waals surface area (Å²) in [6, 6.07) is 2.15. The van der Waals surface area contributed by atoms with Crippen molar-refractivity contribution in [2.75, 3.05) is 13.6 Å². The van der Waals surface area contributed by atoms with Crippen LogP contribution < -0.4 is 5.32 Å². The molecular weight excluding hydrogens is 124 g/mol. The zero-order chi connectivity index (χ0) is 8.04. The fourth-order valence-corrected chi connectivity index (χ4v) is 0.961. The van der Waals surface area contributed by atoms with E-state index in [4.69, 9.17) is 5.26 Å². The molecule has 0 saturated carbocycles. The smallest absolute Gasteiger partial charge is 0.0621 e. The lowest BCUT2D eigenvalue weighted by Crippen LogP contribution is -2.26. The predicted molar refractivity (Wildman–Crippen MR) is 42.6 cm³/mol. The van der Waals surface area contributed by atoms with Crippen LogP contribution in [-0.2, 0) is 0 Å². The Labute approximate surface area is 63.2 Å². The highest BCUT2D eigenvalue weighted by atomic mass is 14.8. The largest absolute Gasteiger partial charge is 0.319 e. The van der Waals surface area contributed by atoms with Crippen LogP contribution in [0.2, 0.25) is 0 Å². The molecule has 58 valence electrons. The normalized spacial score (nSPS) is 11.0. The average molecular weight is 140 g/mol. The summed E-state index contributed by atoms with van der Waals surface area (Å²) in [5.74, 6) is 0. The second kappa shape index (κ2) is 4.29. The molecule has 0 aromatic carbocycles. The summed E-state index contributed by atoms with van der Waals surface area (Å²) in [6.45, 7) is 5.32. The molecule has 0 amide bonds. The van der Waals surface area contributed by atoms with Gasteiger partial charge in [-0.3, -0.25) is 0 Å². The minimum absolute atomic E-state index is 0.268. The molecule has 0 aliphatic heterocycles. The molecule has 0 aliphatic carbocycles. The van der Waals surface area contributed by atoms with E-state index in [1.165, 1.54) is 0 Å². The van der Waals surface area contributed by atoms with E-state index in [2.05, 4.69) is 25.2 Å². The summed E-state index contributed by atoms with van der Waals surface area (Å²) >= 11 is 0. The van der Waals surface area contributed by atoms with Crippen LogP contribution in [0.4, 0.5) is 0 Å². The topological polar surface area (TPSA) is 35.8 Å². The van der Waals surface area contributed by atoms with Crippen molar-refractivity contribution in [1.82, 2.24) is 5.32 Å². The SMILES string of the molecule is CNCC(C)(C)CCC#N. The molecule has 0 fully saturated rings. The molecule has 0 aromatic rings. The lowest BCUT2D eigenvalue weighted by Gasteiger charge is -2.22. The number of hydrogen-bond acceptors (Lipinski definition) is 2. The minimum atomic E-state index is 0.268. The Balaban J connectivity index is 3.54. The Kier molecular flexibility index (Phi) is 4.06. The van der Waals surface area contributed by atoms with Gasteiger partial charge in [-0.1, -0.05) is 13.8 Å². The van der Waals surface area contributed by atoms with Crippen LogP contribution in [0.1, 0.15) is 26.7 Å². The number of hydrogen-bond donors (Lipinski definition) is 1. The Morgan fingerprint density at radius 2 is 2.10 bits per heavy atom. The third-order valence-corrected chi connectivity index (χ3v) is 1.57. The first kappa shape index (κ1) is 9.45. The van der Waals surface area contributed by atoms with Crippen molar-refractivity contribution in [2.24, 2.45) is 5.41 Å². The molecule has 0 aromatic heterocycles. The lowest BCUT2D eigenvalue weighted by atomic mass is 9.88. The van der Waals surface area contributed by atoms with Crippen molar-refractivity contribution in [3.63, 3.8) is 0 Å². The van der Waals surface area contributed by atoms with E-state index in [1.807, 2.05) is 7.05 Å². The predicted octanol–water partition coefficient (Wildman–Crippen LogP) is 1.54. The molecule has 0 aliphatic rings. The van der Waals surface area contributed by atoms with Gasteiger partial charge in [0.05, 0.1) is 6.07 Å². The monoisotopic (exact) mass is 140 g/mol. The Hall–Kier alpha value is -0.550. The van der Waals surface area contributed by atoms with E-state index in [-0.39, 0.29) is 5.41 Å². The lowest BCUT2D eigenvalue weighted by molar-refractivity contribution is 0.328. The summed E-state index contributed by atoms with van der Waals surface area (Å²) in [6.07, 6.45) is 1.64. The van der Waals surface area contributed by atoms with Gasteiger partial charge in [-0.05, 0) is 25.4 Å². The third-order valence-electron chi connectivity index (χ3n) is 1.57. The molecule has 2 nitrogen and oxygen atoms in total. The Morgan fingerprint density at radius 3 is 2.50 bits per heavy atom. The maximum Gasteiger partial charge on any atom is 0.0621 e. The van der Waals surface area contributed by atoms with Crippen LogP contribution >= 0.6 is 0 Å². The van der Waals surface area contributed by atoms with Crippen molar-refractivity contribution in [3.8, 4) is 6.07 Å². The van der Waals surface area contributed by atoms with E-state index >= 15 is 0 Å². The van der Waals surface area contributed by atoms with Crippen LogP contribution in [0.15, 0.2) is 0 Å². The molecule has 0 spiro atoms. The van der Waals surface area contributed by atoms with E-state index in [0.29, 0.717) is 6.42 Å². The van der Waals surface area contributed by atoms with Crippen LogP contribution in [0.3, 0.4) is 0 Å². The van der Waals surface area contributed by atoms with Gasteiger partial charge in [-0.15, -0.1) is 0 Å². The van der Waals surface area contributed by atoms with Gasteiger partial charge in [-0.2, -0.15) is 5.26 Å². The fraction of sp³-hybridized carbons (Fsp3) is 0.875. The van der Waals surface area contributed by atoms with E-state index in [9.17, 15) is 0 Å². The molecule has 1 N–H and O–H groups in total. The highest BCUT2D eigenvalue weighted by Crippen LogP contribution is 2.19. The molecule has 0 bridgehead atoms. The van der Waals surface area contributed by atoms with Crippen LogP contribution in [0, 0.1) is 16.7 Å². The standard InChI is InChI=1S/C8H16N2/c1-8(2,7-10-3)5-4-6-9/h10H,4-5,7H2,1-3H3. The first-order valence-electron chi connectivity index (χ1n) is 3.64. The van der Waals surface area contributed by atoms with Gasteiger partial charge in [0.1, 0.15) is 0 Å². The summed E-state index contributed by atoms with van der Waals surface area (Å²) in [5, 5.41) is 11.4. The number of rotatable bonds is 4. The molecule has 0 radical (unpaired) electrons. The minimum Gasteiger partial charge on any atom is -0.319 e. The van der Waals surface area contributed by atoms with Crippen molar-refractivity contribution in [2.45, 2.75) is 26.7 Å². The van der Waals surface area contributed by atoms with E-state index in [1.54, 1.807) is 0 Å². The summed E-state index contributed by atoms with van der Waals surface area (Å²) in [7, 11) is 1.94. The Morgan fingerprint density at radius 1 is 1.50 bits per heavy atom. The molecule has 0 rings (SSSR count). The van der Waals surface area contributed by atoms with Crippen molar-refractivity contribution < 1.29 is 0 Å². The Bertz CT molecular complexity index is 122. The highest BCUT2D eigenvalue weighted by Gasteiger charge is 2.15. The number of nitriles is 1. The zero-order valence-corrected chi connectivity index (χ0v) is 7.07. The molecular formula is C8H16N2. The second-order valence-corrected chi connectivity index (χ2v) is 3.35. The second-order valence-electron chi connectivity index (χ2n) is 3.35. The maximum absolute atomic E-state index is 8.33. The van der Waals surface area contributed by atoms with Crippen LogP contribution in [-0.4, -0.2) is 13.6 Å².